The number of rotatable bonds is 10. The summed E-state index contributed by atoms with van der Waals surface area (Å²) in [6, 6.07) is 13.8. The monoisotopic (exact) mass is 424 g/mol. The summed E-state index contributed by atoms with van der Waals surface area (Å²) < 4.78 is 11.1. The van der Waals surface area contributed by atoms with Crippen LogP contribution in [0.2, 0.25) is 0 Å². The van der Waals surface area contributed by atoms with Crippen LogP contribution in [0.4, 0.5) is 0 Å². The Labute approximate surface area is 183 Å². The van der Waals surface area contributed by atoms with Crippen molar-refractivity contribution >= 4 is 16.9 Å². The van der Waals surface area contributed by atoms with Gasteiger partial charge in [-0.05, 0) is 63.6 Å². The van der Waals surface area contributed by atoms with Crippen molar-refractivity contribution in [2.75, 3.05) is 20.3 Å². The molecule has 0 unspecified atom stereocenters. The molecule has 0 radical (unpaired) electrons. The number of ether oxygens (including phenoxy) is 2. The molecule has 0 fully saturated rings. The third kappa shape index (κ3) is 7.00. The molecule has 1 aromatic heterocycles. The molecule has 3 aromatic rings. The summed E-state index contributed by atoms with van der Waals surface area (Å²) in [5.41, 5.74) is 2.89. The van der Waals surface area contributed by atoms with Crippen molar-refractivity contribution in [1.29, 1.82) is 0 Å². The summed E-state index contributed by atoms with van der Waals surface area (Å²) >= 11 is 0. The molecule has 1 amide bonds. The van der Waals surface area contributed by atoms with Crippen molar-refractivity contribution < 1.29 is 14.3 Å². The first-order chi connectivity index (χ1) is 14.8. The maximum absolute atomic E-state index is 12.0. The lowest BCUT2D eigenvalue weighted by molar-refractivity contribution is -0.124. The largest absolute Gasteiger partial charge is 0.493 e. The van der Waals surface area contributed by atoms with Crippen LogP contribution in [-0.4, -0.2) is 41.7 Å². The molecule has 0 atom stereocenters. The van der Waals surface area contributed by atoms with E-state index < -0.39 is 0 Å². The Morgan fingerprint density at radius 1 is 1.13 bits per heavy atom. The lowest BCUT2D eigenvalue weighted by Crippen LogP contribution is -2.43. The highest BCUT2D eigenvalue weighted by atomic mass is 16.5. The summed E-state index contributed by atoms with van der Waals surface area (Å²) in [7, 11) is 1.60. The third-order valence-electron chi connectivity index (χ3n) is 4.64. The van der Waals surface area contributed by atoms with Gasteiger partial charge in [-0.2, -0.15) is 0 Å². The molecule has 0 spiro atoms. The number of carbonyl (C=O) groups excluding carboxylic acids is 1. The lowest BCUT2D eigenvalue weighted by atomic mass is 10.1. The number of aromatic nitrogens is 2. The van der Waals surface area contributed by atoms with Crippen LogP contribution in [0.15, 0.2) is 42.5 Å². The Morgan fingerprint density at radius 3 is 2.68 bits per heavy atom. The van der Waals surface area contributed by atoms with Crippen LogP contribution in [0.1, 0.15) is 38.6 Å². The van der Waals surface area contributed by atoms with Crippen molar-refractivity contribution in [2.24, 2.45) is 0 Å². The van der Waals surface area contributed by atoms with E-state index in [2.05, 4.69) is 20.6 Å². The molecule has 2 aromatic carbocycles. The Morgan fingerprint density at radius 2 is 1.94 bits per heavy atom. The molecule has 7 heteroatoms. The SMILES string of the molecule is COc1cc(CNCCCc2nc3ccccc3[nH]2)ccc1OCC(=O)NC(C)(C)C. The van der Waals surface area contributed by atoms with Crippen molar-refractivity contribution in [3.05, 3.63) is 53.9 Å². The zero-order valence-electron chi connectivity index (χ0n) is 18.7. The second kappa shape index (κ2) is 10.3. The molecule has 0 aliphatic rings. The minimum atomic E-state index is -0.287. The fourth-order valence-corrected chi connectivity index (χ4v) is 3.28. The number of benzene rings is 2. The molecular formula is C24H32N4O3. The average molecular weight is 425 g/mol. The lowest BCUT2D eigenvalue weighted by Gasteiger charge is -2.20. The Balaban J connectivity index is 1.43. The molecule has 31 heavy (non-hydrogen) atoms. The van der Waals surface area contributed by atoms with Crippen LogP contribution in [-0.2, 0) is 17.8 Å². The van der Waals surface area contributed by atoms with Crippen LogP contribution in [0.25, 0.3) is 11.0 Å². The number of para-hydroxylation sites is 2. The van der Waals surface area contributed by atoms with E-state index in [0.717, 1.165) is 48.4 Å². The highest BCUT2D eigenvalue weighted by molar-refractivity contribution is 5.78. The highest BCUT2D eigenvalue weighted by Crippen LogP contribution is 2.28. The van der Waals surface area contributed by atoms with Gasteiger partial charge in [0.15, 0.2) is 18.1 Å². The number of aromatic amines is 1. The first-order valence-electron chi connectivity index (χ1n) is 10.6. The maximum atomic E-state index is 12.0. The minimum absolute atomic E-state index is 0.0486. The molecule has 1 heterocycles. The molecule has 0 bridgehead atoms. The highest BCUT2D eigenvalue weighted by Gasteiger charge is 2.15. The predicted octanol–water partition coefficient (Wildman–Crippen LogP) is 3.59. The van der Waals surface area contributed by atoms with Crippen LogP contribution >= 0.6 is 0 Å². The molecule has 3 N–H and O–H groups in total. The van der Waals surface area contributed by atoms with Gasteiger partial charge in [0.25, 0.3) is 5.91 Å². The number of hydrogen-bond donors (Lipinski definition) is 3. The van der Waals surface area contributed by atoms with Crippen molar-refractivity contribution in [2.45, 2.75) is 45.7 Å². The van der Waals surface area contributed by atoms with E-state index in [0.29, 0.717) is 11.5 Å². The minimum Gasteiger partial charge on any atom is -0.493 e. The second-order valence-corrected chi connectivity index (χ2v) is 8.55. The van der Waals surface area contributed by atoms with Gasteiger partial charge in [-0.1, -0.05) is 18.2 Å². The summed E-state index contributed by atoms with van der Waals surface area (Å²) in [5, 5.41) is 6.33. The van der Waals surface area contributed by atoms with Crippen LogP contribution in [0, 0.1) is 0 Å². The molecule has 3 rings (SSSR count). The maximum Gasteiger partial charge on any atom is 0.258 e. The zero-order valence-corrected chi connectivity index (χ0v) is 18.7. The Hall–Kier alpha value is -3.06. The molecule has 0 aliphatic heterocycles. The third-order valence-corrected chi connectivity index (χ3v) is 4.64. The molecule has 0 saturated heterocycles. The van der Waals surface area contributed by atoms with Gasteiger partial charge in [0.1, 0.15) is 5.82 Å². The average Bonchev–Trinajstić information content (AvgIpc) is 3.14. The number of aryl methyl sites for hydroxylation is 1. The zero-order chi connectivity index (χ0) is 22.3. The van der Waals surface area contributed by atoms with E-state index >= 15 is 0 Å². The molecule has 166 valence electrons. The van der Waals surface area contributed by atoms with Crippen molar-refractivity contribution in [3.8, 4) is 11.5 Å². The van der Waals surface area contributed by atoms with Crippen LogP contribution in [0.5, 0.6) is 11.5 Å². The van der Waals surface area contributed by atoms with Gasteiger partial charge in [-0.25, -0.2) is 4.98 Å². The smallest absolute Gasteiger partial charge is 0.258 e. The van der Waals surface area contributed by atoms with Gasteiger partial charge < -0.3 is 25.1 Å². The predicted molar refractivity (Wildman–Crippen MR) is 123 cm³/mol. The number of nitrogens with one attached hydrogen (secondary N) is 3. The first-order valence-corrected chi connectivity index (χ1v) is 10.6. The van der Waals surface area contributed by atoms with Gasteiger partial charge in [-0.15, -0.1) is 0 Å². The van der Waals surface area contributed by atoms with E-state index in [-0.39, 0.29) is 18.1 Å². The summed E-state index contributed by atoms with van der Waals surface area (Å²) in [6.45, 7) is 7.36. The van der Waals surface area contributed by atoms with Gasteiger partial charge in [-0.3, -0.25) is 4.79 Å². The summed E-state index contributed by atoms with van der Waals surface area (Å²) in [6.07, 6.45) is 1.88. The van der Waals surface area contributed by atoms with E-state index in [4.69, 9.17) is 9.47 Å². The number of methoxy groups -OCH3 is 1. The van der Waals surface area contributed by atoms with E-state index in [1.165, 1.54) is 0 Å². The first kappa shape index (κ1) is 22.6. The Kier molecular flexibility index (Phi) is 7.52. The normalized spacial score (nSPS) is 11.5. The van der Waals surface area contributed by atoms with E-state index in [1.54, 1.807) is 7.11 Å². The summed E-state index contributed by atoms with van der Waals surface area (Å²) in [5.74, 6) is 2.02. The number of imidazole rings is 1. The number of carbonyl (C=O) groups is 1. The van der Waals surface area contributed by atoms with E-state index in [9.17, 15) is 4.79 Å². The number of H-pyrrole nitrogens is 1. The number of fused-ring (bicyclic) bond motifs is 1. The van der Waals surface area contributed by atoms with Crippen LogP contribution < -0.4 is 20.1 Å². The van der Waals surface area contributed by atoms with Gasteiger partial charge in [0.2, 0.25) is 0 Å². The number of nitrogens with zero attached hydrogens (tertiary/aromatic N) is 1. The quantitative estimate of drug-likeness (QED) is 0.433. The molecule has 0 aliphatic carbocycles. The molecule has 0 saturated carbocycles. The fraction of sp³-hybridized carbons (Fsp3) is 0.417. The van der Waals surface area contributed by atoms with E-state index in [1.807, 2.05) is 63.2 Å². The number of hydrogen-bond acceptors (Lipinski definition) is 5. The Bertz CT molecular complexity index is 974. The second-order valence-electron chi connectivity index (χ2n) is 8.55. The van der Waals surface area contributed by atoms with Crippen molar-refractivity contribution in [1.82, 2.24) is 20.6 Å². The fourth-order valence-electron chi connectivity index (χ4n) is 3.28. The van der Waals surface area contributed by atoms with Gasteiger partial charge in [0, 0.05) is 18.5 Å². The van der Waals surface area contributed by atoms with Crippen molar-refractivity contribution in [3.63, 3.8) is 0 Å². The number of amides is 1. The topological polar surface area (TPSA) is 88.3 Å². The summed E-state index contributed by atoms with van der Waals surface area (Å²) in [4.78, 5) is 19.9. The van der Waals surface area contributed by atoms with Crippen LogP contribution in [0.3, 0.4) is 0 Å². The molecular weight excluding hydrogens is 392 g/mol. The standard InChI is InChI=1S/C24H32N4O3/c1-24(2,3)28-23(29)16-31-20-12-11-17(14-21(20)30-4)15-25-13-7-10-22-26-18-8-5-6-9-19(18)27-22/h5-6,8-9,11-12,14,25H,7,10,13,15-16H2,1-4H3,(H,26,27)(H,28,29). The van der Waals surface area contributed by atoms with Gasteiger partial charge >= 0.3 is 0 Å². The van der Waals surface area contributed by atoms with Gasteiger partial charge in [0.05, 0.1) is 18.1 Å². The molecule has 7 nitrogen and oxygen atoms in total.